The zero-order chi connectivity index (χ0) is 14.8. The van der Waals surface area contributed by atoms with Crippen LogP contribution < -0.4 is 10.6 Å². The van der Waals surface area contributed by atoms with E-state index in [2.05, 4.69) is 41.8 Å². The van der Waals surface area contributed by atoms with Gasteiger partial charge >= 0.3 is 0 Å². The molecular weight excluding hydrogens is 252 g/mol. The second kappa shape index (κ2) is 9.50. The van der Waals surface area contributed by atoms with Gasteiger partial charge in [-0.25, -0.2) is 0 Å². The summed E-state index contributed by atoms with van der Waals surface area (Å²) in [5, 5.41) is 6.16. The molecule has 2 N–H and O–H groups in total. The average Bonchev–Trinajstić information content (AvgIpc) is 2.46. The molecule has 1 amide bonds. The standard InChI is InChI=1S/C16H26N2O2/c1-13(9-10-15-7-5-4-6-8-15)18-14(2)16(19)17-11-12-20-3/h4-8,13-14,18H,9-12H2,1-3H3,(H,17,19). The summed E-state index contributed by atoms with van der Waals surface area (Å²) in [5.74, 6) is 0.0219. The molecule has 0 heterocycles. The second-order valence-electron chi connectivity index (χ2n) is 5.10. The monoisotopic (exact) mass is 278 g/mol. The third-order valence-corrected chi connectivity index (χ3v) is 3.24. The lowest BCUT2D eigenvalue weighted by Gasteiger charge is -2.19. The summed E-state index contributed by atoms with van der Waals surface area (Å²) in [7, 11) is 1.62. The second-order valence-corrected chi connectivity index (χ2v) is 5.10. The number of methoxy groups -OCH3 is 1. The van der Waals surface area contributed by atoms with Crippen LogP contribution in [0.25, 0.3) is 0 Å². The first-order valence-corrected chi connectivity index (χ1v) is 7.20. The minimum Gasteiger partial charge on any atom is -0.383 e. The van der Waals surface area contributed by atoms with Crippen molar-refractivity contribution in [3.8, 4) is 0 Å². The Hall–Kier alpha value is -1.39. The largest absolute Gasteiger partial charge is 0.383 e. The summed E-state index contributed by atoms with van der Waals surface area (Å²) in [6.07, 6.45) is 2.03. The van der Waals surface area contributed by atoms with E-state index < -0.39 is 0 Å². The summed E-state index contributed by atoms with van der Waals surface area (Å²) in [6.45, 7) is 5.10. The van der Waals surface area contributed by atoms with Crippen molar-refractivity contribution in [1.82, 2.24) is 10.6 Å². The average molecular weight is 278 g/mol. The lowest BCUT2D eigenvalue weighted by molar-refractivity contribution is -0.123. The molecule has 4 heteroatoms. The molecular formula is C16H26N2O2. The van der Waals surface area contributed by atoms with Crippen LogP contribution in [-0.4, -0.2) is 38.3 Å². The Morgan fingerprint density at radius 3 is 2.60 bits per heavy atom. The van der Waals surface area contributed by atoms with Crippen LogP contribution in [0, 0.1) is 0 Å². The fraction of sp³-hybridized carbons (Fsp3) is 0.562. The number of aryl methyl sites for hydroxylation is 1. The van der Waals surface area contributed by atoms with E-state index in [0.29, 0.717) is 19.2 Å². The molecule has 0 aliphatic carbocycles. The highest BCUT2D eigenvalue weighted by atomic mass is 16.5. The summed E-state index contributed by atoms with van der Waals surface area (Å²) in [5.41, 5.74) is 1.33. The Kier molecular flexibility index (Phi) is 7.92. The van der Waals surface area contributed by atoms with E-state index in [1.165, 1.54) is 5.56 Å². The highest BCUT2D eigenvalue weighted by Gasteiger charge is 2.14. The number of hydrogen-bond donors (Lipinski definition) is 2. The molecule has 0 radical (unpaired) electrons. The molecule has 20 heavy (non-hydrogen) atoms. The molecule has 0 bridgehead atoms. The predicted octanol–water partition coefficient (Wildman–Crippen LogP) is 1.75. The number of rotatable bonds is 9. The topological polar surface area (TPSA) is 50.4 Å². The molecule has 2 atom stereocenters. The van der Waals surface area contributed by atoms with Crippen LogP contribution in [0.3, 0.4) is 0 Å². The molecule has 0 spiro atoms. The van der Waals surface area contributed by atoms with Crippen LogP contribution in [0.4, 0.5) is 0 Å². The molecule has 0 saturated carbocycles. The number of benzene rings is 1. The van der Waals surface area contributed by atoms with Gasteiger partial charge in [-0.05, 0) is 32.3 Å². The molecule has 1 aromatic rings. The van der Waals surface area contributed by atoms with Crippen molar-refractivity contribution in [2.75, 3.05) is 20.3 Å². The van der Waals surface area contributed by atoms with E-state index in [-0.39, 0.29) is 11.9 Å². The third-order valence-electron chi connectivity index (χ3n) is 3.24. The van der Waals surface area contributed by atoms with Gasteiger partial charge in [-0.3, -0.25) is 4.79 Å². The highest BCUT2D eigenvalue weighted by molar-refractivity contribution is 5.81. The van der Waals surface area contributed by atoms with Crippen molar-refractivity contribution in [3.05, 3.63) is 35.9 Å². The van der Waals surface area contributed by atoms with Crippen molar-refractivity contribution in [1.29, 1.82) is 0 Å². The van der Waals surface area contributed by atoms with E-state index in [9.17, 15) is 4.79 Å². The maximum Gasteiger partial charge on any atom is 0.236 e. The van der Waals surface area contributed by atoms with Gasteiger partial charge in [0.15, 0.2) is 0 Å². The Bertz CT molecular complexity index is 381. The zero-order valence-corrected chi connectivity index (χ0v) is 12.7. The van der Waals surface area contributed by atoms with Gasteiger partial charge in [-0.1, -0.05) is 30.3 Å². The van der Waals surface area contributed by atoms with Gasteiger partial charge < -0.3 is 15.4 Å². The smallest absolute Gasteiger partial charge is 0.236 e. The first-order chi connectivity index (χ1) is 9.63. The van der Waals surface area contributed by atoms with Gasteiger partial charge in [-0.2, -0.15) is 0 Å². The van der Waals surface area contributed by atoms with Crippen molar-refractivity contribution in [2.24, 2.45) is 0 Å². The Morgan fingerprint density at radius 1 is 1.25 bits per heavy atom. The van der Waals surface area contributed by atoms with E-state index in [1.807, 2.05) is 13.0 Å². The van der Waals surface area contributed by atoms with Gasteiger partial charge in [0, 0.05) is 19.7 Å². The van der Waals surface area contributed by atoms with Crippen LogP contribution >= 0.6 is 0 Å². The first kappa shape index (κ1) is 16.7. The number of carbonyl (C=O) groups is 1. The van der Waals surface area contributed by atoms with Gasteiger partial charge in [0.1, 0.15) is 0 Å². The molecule has 0 aliphatic rings. The van der Waals surface area contributed by atoms with Gasteiger partial charge in [0.05, 0.1) is 12.6 Å². The van der Waals surface area contributed by atoms with Crippen LogP contribution in [0.15, 0.2) is 30.3 Å². The van der Waals surface area contributed by atoms with Crippen molar-refractivity contribution in [3.63, 3.8) is 0 Å². The third kappa shape index (κ3) is 6.68. The summed E-state index contributed by atoms with van der Waals surface area (Å²) in [6, 6.07) is 10.5. The minimum atomic E-state index is -0.183. The fourth-order valence-electron chi connectivity index (χ4n) is 2.04. The number of hydrogen-bond acceptors (Lipinski definition) is 3. The lowest BCUT2D eigenvalue weighted by Crippen LogP contribution is -2.46. The van der Waals surface area contributed by atoms with Crippen LogP contribution in [0.2, 0.25) is 0 Å². The first-order valence-electron chi connectivity index (χ1n) is 7.20. The van der Waals surface area contributed by atoms with Crippen molar-refractivity contribution in [2.45, 2.75) is 38.8 Å². The summed E-state index contributed by atoms with van der Waals surface area (Å²) in [4.78, 5) is 11.8. The van der Waals surface area contributed by atoms with Gasteiger partial charge in [-0.15, -0.1) is 0 Å². The summed E-state index contributed by atoms with van der Waals surface area (Å²) < 4.78 is 4.91. The Labute approximate surface area is 121 Å². The highest BCUT2D eigenvalue weighted by Crippen LogP contribution is 2.05. The van der Waals surface area contributed by atoms with E-state index >= 15 is 0 Å². The van der Waals surface area contributed by atoms with Crippen LogP contribution in [0.5, 0.6) is 0 Å². The normalized spacial score (nSPS) is 13.8. The van der Waals surface area contributed by atoms with Gasteiger partial charge in [0.2, 0.25) is 5.91 Å². The Morgan fingerprint density at radius 2 is 1.95 bits per heavy atom. The molecule has 0 saturated heterocycles. The fourth-order valence-corrected chi connectivity index (χ4v) is 2.04. The molecule has 1 aromatic carbocycles. The van der Waals surface area contributed by atoms with E-state index in [0.717, 1.165) is 12.8 Å². The van der Waals surface area contributed by atoms with E-state index in [1.54, 1.807) is 7.11 Å². The molecule has 4 nitrogen and oxygen atoms in total. The predicted molar refractivity (Wildman–Crippen MR) is 81.7 cm³/mol. The van der Waals surface area contributed by atoms with E-state index in [4.69, 9.17) is 4.74 Å². The molecule has 2 unspecified atom stereocenters. The minimum absolute atomic E-state index is 0.0219. The number of ether oxygens (including phenoxy) is 1. The SMILES string of the molecule is COCCNC(=O)C(C)NC(C)CCc1ccccc1. The summed E-state index contributed by atoms with van der Waals surface area (Å²) >= 11 is 0. The quantitative estimate of drug-likeness (QED) is 0.677. The number of carbonyl (C=O) groups excluding carboxylic acids is 1. The maximum absolute atomic E-state index is 11.8. The molecule has 1 rings (SSSR count). The number of amides is 1. The maximum atomic E-state index is 11.8. The number of nitrogens with one attached hydrogen (secondary N) is 2. The molecule has 0 aromatic heterocycles. The Balaban J connectivity index is 2.23. The van der Waals surface area contributed by atoms with Crippen LogP contribution in [0.1, 0.15) is 25.8 Å². The molecule has 0 aliphatic heterocycles. The van der Waals surface area contributed by atoms with Crippen molar-refractivity contribution >= 4 is 5.91 Å². The lowest BCUT2D eigenvalue weighted by atomic mass is 10.1. The zero-order valence-electron chi connectivity index (χ0n) is 12.7. The van der Waals surface area contributed by atoms with Gasteiger partial charge in [0.25, 0.3) is 0 Å². The molecule has 0 fully saturated rings. The van der Waals surface area contributed by atoms with Crippen molar-refractivity contribution < 1.29 is 9.53 Å². The van der Waals surface area contributed by atoms with Crippen LogP contribution in [-0.2, 0) is 16.0 Å². The molecule has 112 valence electrons.